The third kappa shape index (κ3) is 2.67. The van der Waals surface area contributed by atoms with Gasteiger partial charge in [-0.05, 0) is 42.7 Å². The average Bonchev–Trinajstić information content (AvgIpc) is 2.38. The molecule has 0 bridgehead atoms. The van der Waals surface area contributed by atoms with Gasteiger partial charge in [0, 0.05) is 5.56 Å². The highest BCUT2D eigenvalue weighted by atomic mass is 35.5. The fraction of sp³-hybridized carbons (Fsp3) is 0.200. The average molecular weight is 300 g/mol. The highest BCUT2D eigenvalue weighted by molar-refractivity contribution is 6.30. The largest absolute Gasteiger partial charge is 0.320 e. The maximum atomic E-state index is 13.8. The van der Waals surface area contributed by atoms with Crippen molar-refractivity contribution in [1.29, 1.82) is 0 Å². The van der Waals surface area contributed by atoms with Crippen molar-refractivity contribution < 1.29 is 13.2 Å². The second-order valence-corrected chi connectivity index (χ2v) is 5.14. The lowest BCUT2D eigenvalue weighted by Crippen LogP contribution is -2.15. The molecule has 2 aromatic rings. The molecule has 0 heterocycles. The fourth-order valence-corrected chi connectivity index (χ4v) is 2.27. The minimum atomic E-state index is -0.889. The first-order chi connectivity index (χ1) is 9.31. The second kappa shape index (κ2) is 5.46. The van der Waals surface area contributed by atoms with E-state index in [9.17, 15) is 13.2 Å². The molecule has 5 heteroatoms. The lowest BCUT2D eigenvalue weighted by molar-refractivity contribution is 0.575. The van der Waals surface area contributed by atoms with Crippen LogP contribution in [0.5, 0.6) is 0 Å². The Kier molecular flexibility index (Phi) is 4.06. The van der Waals surface area contributed by atoms with Gasteiger partial charge in [-0.1, -0.05) is 23.7 Å². The van der Waals surface area contributed by atoms with E-state index in [0.29, 0.717) is 16.7 Å². The molecule has 0 amide bonds. The summed E-state index contributed by atoms with van der Waals surface area (Å²) in [6, 6.07) is 4.02. The van der Waals surface area contributed by atoms with E-state index in [2.05, 4.69) is 0 Å². The first-order valence-electron chi connectivity index (χ1n) is 5.98. The maximum absolute atomic E-state index is 13.8. The summed E-state index contributed by atoms with van der Waals surface area (Å²) in [5.41, 5.74) is 7.27. The lowest BCUT2D eigenvalue weighted by atomic mass is 9.95. The van der Waals surface area contributed by atoms with Crippen LogP contribution in [0.3, 0.4) is 0 Å². The first kappa shape index (κ1) is 14.9. The minimum absolute atomic E-state index is 0.0164. The van der Waals surface area contributed by atoms with Crippen LogP contribution in [0, 0.1) is 31.3 Å². The van der Waals surface area contributed by atoms with E-state index in [1.807, 2.05) is 0 Å². The molecule has 1 atom stereocenters. The number of nitrogens with two attached hydrogens (primary N) is 1. The molecular weight excluding hydrogens is 287 g/mol. The van der Waals surface area contributed by atoms with Gasteiger partial charge in [-0.2, -0.15) is 0 Å². The molecule has 0 aliphatic rings. The predicted molar refractivity (Wildman–Crippen MR) is 73.3 cm³/mol. The highest BCUT2D eigenvalue weighted by Gasteiger charge is 2.18. The van der Waals surface area contributed by atoms with Crippen molar-refractivity contribution in [3.63, 3.8) is 0 Å². The fourth-order valence-electron chi connectivity index (χ4n) is 2.11. The SMILES string of the molecule is Cc1cc(C(N)c2cc(F)c(Cl)cc2F)cc(C)c1F. The van der Waals surface area contributed by atoms with Crippen LogP contribution in [0.15, 0.2) is 24.3 Å². The van der Waals surface area contributed by atoms with Gasteiger partial charge in [-0.3, -0.25) is 0 Å². The van der Waals surface area contributed by atoms with E-state index in [1.54, 1.807) is 13.8 Å². The maximum Gasteiger partial charge on any atom is 0.142 e. The Morgan fingerprint density at radius 1 is 0.950 bits per heavy atom. The molecule has 106 valence electrons. The predicted octanol–water partition coefficient (Wildman–Crippen LogP) is 4.42. The van der Waals surface area contributed by atoms with Gasteiger partial charge in [0.15, 0.2) is 0 Å². The van der Waals surface area contributed by atoms with Crippen molar-refractivity contribution in [2.75, 3.05) is 0 Å². The Morgan fingerprint density at radius 3 is 2.05 bits per heavy atom. The van der Waals surface area contributed by atoms with Crippen molar-refractivity contribution in [2.45, 2.75) is 19.9 Å². The highest BCUT2D eigenvalue weighted by Crippen LogP contribution is 2.28. The third-order valence-corrected chi connectivity index (χ3v) is 3.48. The van der Waals surface area contributed by atoms with Crippen molar-refractivity contribution in [2.24, 2.45) is 5.73 Å². The molecule has 0 aliphatic carbocycles. The first-order valence-corrected chi connectivity index (χ1v) is 6.35. The van der Waals surface area contributed by atoms with Crippen molar-refractivity contribution >= 4 is 11.6 Å². The molecule has 2 aromatic carbocycles. The van der Waals surface area contributed by atoms with Gasteiger partial charge in [-0.25, -0.2) is 13.2 Å². The van der Waals surface area contributed by atoms with Crippen LogP contribution < -0.4 is 5.73 Å². The Bertz CT molecular complexity index is 647. The minimum Gasteiger partial charge on any atom is -0.320 e. The van der Waals surface area contributed by atoms with Gasteiger partial charge in [0.05, 0.1) is 11.1 Å². The van der Waals surface area contributed by atoms with E-state index < -0.39 is 17.7 Å². The quantitative estimate of drug-likeness (QED) is 0.816. The molecule has 0 fully saturated rings. The zero-order chi connectivity index (χ0) is 15.0. The monoisotopic (exact) mass is 299 g/mol. The van der Waals surface area contributed by atoms with Crippen molar-refractivity contribution in [3.05, 3.63) is 69.0 Å². The van der Waals surface area contributed by atoms with E-state index in [0.717, 1.165) is 12.1 Å². The summed E-state index contributed by atoms with van der Waals surface area (Å²) in [6.45, 7) is 3.19. The van der Waals surface area contributed by atoms with Gasteiger partial charge < -0.3 is 5.73 Å². The number of rotatable bonds is 2. The normalized spacial score (nSPS) is 12.6. The zero-order valence-corrected chi connectivity index (χ0v) is 11.7. The molecule has 0 saturated heterocycles. The molecule has 1 nitrogen and oxygen atoms in total. The third-order valence-electron chi connectivity index (χ3n) is 3.19. The number of halogens is 4. The molecular formula is C15H13ClF3N. The van der Waals surface area contributed by atoms with Crippen molar-refractivity contribution in [3.8, 4) is 0 Å². The molecule has 0 aromatic heterocycles. The van der Waals surface area contributed by atoms with Crippen LogP contribution in [0.2, 0.25) is 5.02 Å². The summed E-state index contributed by atoms with van der Waals surface area (Å²) in [7, 11) is 0. The Hall–Kier alpha value is -1.52. The summed E-state index contributed by atoms with van der Waals surface area (Å²) in [5, 5.41) is -0.301. The number of hydrogen-bond acceptors (Lipinski definition) is 1. The van der Waals surface area contributed by atoms with E-state index >= 15 is 0 Å². The molecule has 2 N–H and O–H groups in total. The molecule has 0 saturated carbocycles. The van der Waals surface area contributed by atoms with Crippen LogP contribution in [-0.2, 0) is 0 Å². The second-order valence-electron chi connectivity index (χ2n) is 4.73. The number of hydrogen-bond donors (Lipinski definition) is 1. The zero-order valence-electron chi connectivity index (χ0n) is 11.0. The summed E-state index contributed by atoms with van der Waals surface area (Å²) in [6.07, 6.45) is 0. The van der Waals surface area contributed by atoms with Crippen LogP contribution in [0.25, 0.3) is 0 Å². The van der Waals surface area contributed by atoms with Crippen LogP contribution >= 0.6 is 11.6 Å². The molecule has 0 spiro atoms. The lowest BCUT2D eigenvalue weighted by Gasteiger charge is -2.16. The standard InChI is InChI=1S/C15H13ClF3N/c1-7-3-9(4-8(2)14(7)19)15(20)10-5-13(18)11(16)6-12(10)17/h3-6,15H,20H2,1-2H3. The van der Waals surface area contributed by atoms with Gasteiger partial charge >= 0.3 is 0 Å². The molecule has 1 unspecified atom stereocenters. The van der Waals surface area contributed by atoms with Gasteiger partial charge in [0.25, 0.3) is 0 Å². The smallest absolute Gasteiger partial charge is 0.142 e. The number of aryl methyl sites for hydroxylation is 2. The topological polar surface area (TPSA) is 26.0 Å². The van der Waals surface area contributed by atoms with Gasteiger partial charge in [-0.15, -0.1) is 0 Å². The van der Waals surface area contributed by atoms with Crippen LogP contribution in [0.4, 0.5) is 13.2 Å². The summed E-state index contributed by atoms with van der Waals surface area (Å²) in [5.74, 6) is -1.76. The molecule has 0 radical (unpaired) electrons. The van der Waals surface area contributed by atoms with Gasteiger partial charge in [0.1, 0.15) is 17.5 Å². The van der Waals surface area contributed by atoms with Crippen LogP contribution in [0.1, 0.15) is 28.3 Å². The number of benzene rings is 2. The molecule has 2 rings (SSSR count). The van der Waals surface area contributed by atoms with E-state index in [1.165, 1.54) is 12.1 Å². The summed E-state index contributed by atoms with van der Waals surface area (Å²) in [4.78, 5) is 0. The Balaban J connectivity index is 2.51. The summed E-state index contributed by atoms with van der Waals surface area (Å²) < 4.78 is 40.9. The summed E-state index contributed by atoms with van der Waals surface area (Å²) >= 11 is 5.50. The van der Waals surface area contributed by atoms with Crippen LogP contribution in [-0.4, -0.2) is 0 Å². The molecule has 0 aliphatic heterocycles. The van der Waals surface area contributed by atoms with E-state index in [4.69, 9.17) is 17.3 Å². The Labute approximate surface area is 120 Å². The Morgan fingerprint density at radius 2 is 1.50 bits per heavy atom. The van der Waals surface area contributed by atoms with Crippen molar-refractivity contribution in [1.82, 2.24) is 0 Å². The molecule has 20 heavy (non-hydrogen) atoms. The van der Waals surface area contributed by atoms with Gasteiger partial charge in [0.2, 0.25) is 0 Å². The van der Waals surface area contributed by atoms with E-state index in [-0.39, 0.29) is 16.4 Å².